The Hall–Kier alpha value is -1.41. The molecule has 1 aliphatic rings. The summed E-state index contributed by atoms with van der Waals surface area (Å²) in [5, 5.41) is 11.7. The van der Waals surface area contributed by atoms with Crippen molar-refractivity contribution in [2.24, 2.45) is 0 Å². The maximum atomic E-state index is 12.7. The van der Waals surface area contributed by atoms with Crippen LogP contribution in [0.2, 0.25) is 0 Å². The molecular weight excluding hydrogens is 399 g/mol. The summed E-state index contributed by atoms with van der Waals surface area (Å²) < 4.78 is 1.92. The van der Waals surface area contributed by atoms with E-state index in [1.165, 1.54) is 0 Å². The van der Waals surface area contributed by atoms with Gasteiger partial charge in [-0.25, -0.2) is 9.67 Å². The number of piperazine rings is 1. The lowest BCUT2D eigenvalue weighted by Gasteiger charge is -2.27. The van der Waals surface area contributed by atoms with Crippen LogP contribution in [0, 0.1) is 6.92 Å². The smallest absolute Gasteiger partial charge is 0.252 e. The Morgan fingerprint density at radius 1 is 1.32 bits per heavy atom. The first-order valence-electron chi connectivity index (χ1n) is 9.66. The fourth-order valence-corrected chi connectivity index (χ4v) is 3.36. The van der Waals surface area contributed by atoms with Crippen molar-refractivity contribution in [1.29, 1.82) is 0 Å². The Bertz CT molecular complexity index is 760. The summed E-state index contributed by atoms with van der Waals surface area (Å²) in [6, 6.07) is 2.12. The van der Waals surface area contributed by atoms with E-state index in [0.29, 0.717) is 12.1 Å². The first-order valence-corrected chi connectivity index (χ1v) is 9.66. The van der Waals surface area contributed by atoms with Gasteiger partial charge in [0.2, 0.25) is 0 Å². The summed E-state index contributed by atoms with van der Waals surface area (Å²) >= 11 is 0. The number of aromatic nitrogens is 3. The Labute approximate surface area is 179 Å². The number of amides is 1. The monoisotopic (exact) mass is 430 g/mol. The van der Waals surface area contributed by atoms with Crippen LogP contribution in [0.25, 0.3) is 11.0 Å². The Morgan fingerprint density at radius 3 is 2.71 bits per heavy atom. The number of fused-ring (bicyclic) bond motifs is 1. The Kier molecular flexibility index (Phi) is 10.2. The molecule has 9 heteroatoms. The van der Waals surface area contributed by atoms with Crippen LogP contribution < -0.4 is 10.6 Å². The van der Waals surface area contributed by atoms with E-state index in [-0.39, 0.29) is 36.8 Å². The third-order valence-corrected chi connectivity index (χ3v) is 5.09. The van der Waals surface area contributed by atoms with Gasteiger partial charge in [0.25, 0.3) is 5.91 Å². The van der Waals surface area contributed by atoms with Crippen LogP contribution in [0.5, 0.6) is 0 Å². The normalized spacial score (nSPS) is 15.5. The van der Waals surface area contributed by atoms with Gasteiger partial charge in [-0.15, -0.1) is 24.8 Å². The summed E-state index contributed by atoms with van der Waals surface area (Å²) in [7, 11) is 0. The van der Waals surface area contributed by atoms with Gasteiger partial charge in [-0.2, -0.15) is 5.10 Å². The molecule has 2 aromatic rings. The molecule has 28 heavy (non-hydrogen) atoms. The number of hydrogen-bond donors (Lipinski definition) is 2. The average Bonchev–Trinajstić information content (AvgIpc) is 3.08. The van der Waals surface area contributed by atoms with Crippen LogP contribution in [-0.4, -0.2) is 64.8 Å². The molecule has 1 fully saturated rings. The minimum Gasteiger partial charge on any atom is -0.352 e. The third kappa shape index (κ3) is 5.80. The second kappa shape index (κ2) is 11.6. The predicted molar refractivity (Wildman–Crippen MR) is 118 cm³/mol. The number of rotatable bonds is 7. The lowest BCUT2D eigenvalue weighted by Crippen LogP contribution is -2.44. The number of hydrogen-bond acceptors (Lipinski definition) is 5. The highest BCUT2D eigenvalue weighted by atomic mass is 35.5. The molecule has 0 bridgehead atoms. The fraction of sp³-hybridized carbons (Fsp3) is 0.632. The lowest BCUT2D eigenvalue weighted by molar-refractivity contribution is 0.0952. The van der Waals surface area contributed by atoms with E-state index >= 15 is 0 Å². The number of aryl methyl sites for hydroxylation is 1. The molecule has 2 N–H and O–H groups in total. The second-order valence-corrected chi connectivity index (χ2v) is 7.10. The molecular formula is C19H32Cl2N6O. The van der Waals surface area contributed by atoms with Crippen LogP contribution in [0.15, 0.2) is 12.3 Å². The summed E-state index contributed by atoms with van der Waals surface area (Å²) in [6.07, 6.45) is 3.70. The van der Waals surface area contributed by atoms with Crippen LogP contribution in [-0.2, 0) is 0 Å². The van der Waals surface area contributed by atoms with Gasteiger partial charge in [0.05, 0.1) is 23.2 Å². The van der Waals surface area contributed by atoms with Crippen LogP contribution in [0.1, 0.15) is 48.8 Å². The van der Waals surface area contributed by atoms with Gasteiger partial charge >= 0.3 is 0 Å². The molecule has 3 heterocycles. The highest BCUT2D eigenvalue weighted by Gasteiger charge is 2.17. The van der Waals surface area contributed by atoms with Crippen LogP contribution in [0.3, 0.4) is 0 Å². The number of carbonyl (C=O) groups excluding carboxylic acids is 1. The molecule has 0 radical (unpaired) electrons. The van der Waals surface area contributed by atoms with E-state index in [1.807, 2.05) is 17.7 Å². The minimum atomic E-state index is -0.0375. The molecule has 1 amide bonds. The fourth-order valence-electron chi connectivity index (χ4n) is 3.36. The van der Waals surface area contributed by atoms with E-state index < -0.39 is 0 Å². The van der Waals surface area contributed by atoms with Crippen molar-refractivity contribution in [3.05, 3.63) is 23.5 Å². The van der Waals surface area contributed by atoms with E-state index in [2.05, 4.69) is 39.5 Å². The topological polar surface area (TPSA) is 75.1 Å². The predicted octanol–water partition coefficient (Wildman–Crippen LogP) is 2.58. The van der Waals surface area contributed by atoms with Gasteiger partial charge in [-0.1, -0.05) is 6.92 Å². The Morgan fingerprint density at radius 2 is 2.04 bits per heavy atom. The molecule has 1 atom stereocenters. The zero-order valence-electron chi connectivity index (χ0n) is 16.9. The molecule has 7 nitrogen and oxygen atoms in total. The molecule has 1 saturated heterocycles. The first kappa shape index (κ1) is 24.6. The molecule has 1 aliphatic heterocycles. The number of nitrogens with one attached hydrogen (secondary N) is 2. The molecule has 1 unspecified atom stereocenters. The van der Waals surface area contributed by atoms with Crippen LogP contribution in [0.4, 0.5) is 0 Å². The van der Waals surface area contributed by atoms with Gasteiger partial charge in [-0.3, -0.25) is 4.79 Å². The number of nitrogens with zero attached hydrogens (tertiary/aromatic N) is 4. The van der Waals surface area contributed by atoms with Crippen molar-refractivity contribution in [1.82, 2.24) is 30.3 Å². The summed E-state index contributed by atoms with van der Waals surface area (Å²) in [6.45, 7) is 12.2. The second-order valence-electron chi connectivity index (χ2n) is 7.10. The number of halogens is 2. The van der Waals surface area contributed by atoms with Crippen molar-refractivity contribution in [3.8, 4) is 0 Å². The molecule has 0 aromatic carbocycles. The molecule has 0 spiro atoms. The minimum absolute atomic E-state index is 0. The number of pyridine rings is 1. The van der Waals surface area contributed by atoms with Crippen molar-refractivity contribution in [3.63, 3.8) is 0 Å². The van der Waals surface area contributed by atoms with E-state index in [4.69, 9.17) is 0 Å². The van der Waals surface area contributed by atoms with Gasteiger partial charge in [-0.05, 0) is 39.3 Å². The molecule has 2 aromatic heterocycles. The standard InChI is InChI=1S/C19H30N6O.2ClH/c1-4-15(3)25-18-17(13-22-25)16(12-14(2)23-18)19(26)21-6-5-9-24-10-7-20-8-11-24;;/h12-13,15,20H,4-11H2,1-3H3,(H,21,26);2*1H. The van der Waals surface area contributed by atoms with Crippen molar-refractivity contribution >= 4 is 41.8 Å². The quantitative estimate of drug-likeness (QED) is 0.660. The van der Waals surface area contributed by atoms with E-state index in [1.54, 1.807) is 6.20 Å². The molecule has 3 rings (SSSR count). The Balaban J connectivity index is 0.00000196. The van der Waals surface area contributed by atoms with Crippen molar-refractivity contribution < 1.29 is 4.79 Å². The average molecular weight is 431 g/mol. The summed E-state index contributed by atoms with van der Waals surface area (Å²) in [5.74, 6) is -0.0375. The van der Waals surface area contributed by atoms with Gasteiger partial charge in [0.1, 0.15) is 0 Å². The van der Waals surface area contributed by atoms with E-state index in [0.717, 1.165) is 62.3 Å². The lowest BCUT2D eigenvalue weighted by atomic mass is 10.1. The van der Waals surface area contributed by atoms with Gasteiger partial charge < -0.3 is 15.5 Å². The third-order valence-electron chi connectivity index (χ3n) is 5.09. The number of carbonyl (C=O) groups is 1. The van der Waals surface area contributed by atoms with E-state index in [9.17, 15) is 4.79 Å². The molecule has 0 saturated carbocycles. The van der Waals surface area contributed by atoms with Crippen LogP contribution >= 0.6 is 24.8 Å². The van der Waals surface area contributed by atoms with Crippen molar-refractivity contribution in [2.45, 2.75) is 39.7 Å². The van der Waals surface area contributed by atoms with Gasteiger partial charge in [0, 0.05) is 38.4 Å². The van der Waals surface area contributed by atoms with Gasteiger partial charge in [0.15, 0.2) is 5.65 Å². The molecule has 0 aliphatic carbocycles. The summed E-state index contributed by atoms with van der Waals surface area (Å²) in [5.41, 5.74) is 2.31. The first-order chi connectivity index (χ1) is 12.6. The molecule has 158 valence electrons. The SMILES string of the molecule is CCC(C)n1ncc2c(C(=O)NCCCN3CCNCC3)cc(C)nc21.Cl.Cl. The highest BCUT2D eigenvalue weighted by molar-refractivity contribution is 6.05. The maximum absolute atomic E-state index is 12.7. The largest absolute Gasteiger partial charge is 0.352 e. The maximum Gasteiger partial charge on any atom is 0.252 e. The highest BCUT2D eigenvalue weighted by Crippen LogP contribution is 2.22. The zero-order valence-corrected chi connectivity index (χ0v) is 18.5. The zero-order chi connectivity index (χ0) is 18.5. The van der Waals surface area contributed by atoms with Crippen molar-refractivity contribution in [2.75, 3.05) is 39.3 Å². The summed E-state index contributed by atoms with van der Waals surface area (Å²) in [4.78, 5) is 19.8.